The fraction of sp³-hybridized carbons (Fsp3) is 0.0612. The van der Waals surface area contributed by atoms with Crippen molar-refractivity contribution in [3.63, 3.8) is 0 Å². The molecule has 0 spiro atoms. The Hall–Kier alpha value is -6.38. The Morgan fingerprint density at radius 3 is 2.06 bits per heavy atom. The molecule has 0 radical (unpaired) electrons. The maximum atomic E-state index is 4.98. The van der Waals surface area contributed by atoms with Gasteiger partial charge in [-0.05, 0) is 91.9 Å². The highest BCUT2D eigenvalue weighted by atomic mass is 14.7. The van der Waals surface area contributed by atoms with Gasteiger partial charge in [0.2, 0.25) is 0 Å². The van der Waals surface area contributed by atoms with Gasteiger partial charge in [-0.3, -0.25) is 9.98 Å². The summed E-state index contributed by atoms with van der Waals surface area (Å²) in [6.07, 6.45) is 14.6. The lowest BCUT2D eigenvalue weighted by molar-refractivity contribution is 1.21. The molecular formula is C49H38N2. The van der Waals surface area contributed by atoms with Gasteiger partial charge in [-0.15, -0.1) is 0 Å². The zero-order chi connectivity index (χ0) is 34.4. The highest BCUT2D eigenvalue weighted by molar-refractivity contribution is 6.32. The fourth-order valence-electron chi connectivity index (χ4n) is 7.19. The number of aromatic nitrogens is 1. The van der Waals surface area contributed by atoms with Crippen LogP contribution in [-0.2, 0) is 12.8 Å². The van der Waals surface area contributed by atoms with Gasteiger partial charge < -0.3 is 0 Å². The van der Waals surface area contributed by atoms with Crippen LogP contribution in [0.25, 0.3) is 49.7 Å². The number of pyridine rings is 1. The molecule has 6 aromatic carbocycles. The first-order valence-electron chi connectivity index (χ1n) is 17.6. The number of benzene rings is 6. The summed E-state index contributed by atoms with van der Waals surface area (Å²) in [6, 6.07) is 54.4. The molecule has 0 amide bonds. The van der Waals surface area contributed by atoms with Crippen molar-refractivity contribution < 1.29 is 0 Å². The van der Waals surface area contributed by atoms with Crippen LogP contribution in [0.4, 0.5) is 0 Å². The van der Waals surface area contributed by atoms with Crippen LogP contribution < -0.4 is 0 Å². The Bertz CT molecular complexity index is 2460. The van der Waals surface area contributed by atoms with E-state index < -0.39 is 0 Å². The molecule has 2 heteroatoms. The van der Waals surface area contributed by atoms with Crippen LogP contribution in [0.1, 0.15) is 22.3 Å². The summed E-state index contributed by atoms with van der Waals surface area (Å²) < 4.78 is 0. The minimum atomic E-state index is 0.821. The van der Waals surface area contributed by atoms with E-state index in [1.165, 1.54) is 44.2 Å². The summed E-state index contributed by atoms with van der Waals surface area (Å²) in [5.41, 5.74) is 15.2. The van der Waals surface area contributed by atoms with Gasteiger partial charge in [-0.1, -0.05) is 158 Å². The molecule has 0 aliphatic heterocycles. The molecule has 0 saturated carbocycles. The molecule has 0 fully saturated rings. The predicted molar refractivity (Wildman–Crippen MR) is 216 cm³/mol. The predicted octanol–water partition coefficient (Wildman–Crippen LogP) is 12.0. The molecule has 1 aliphatic carbocycles. The normalized spacial score (nSPS) is 13.9. The van der Waals surface area contributed by atoms with Crippen molar-refractivity contribution >= 4 is 22.1 Å². The van der Waals surface area contributed by atoms with E-state index in [1.54, 1.807) is 0 Å². The Morgan fingerprint density at radius 2 is 1.27 bits per heavy atom. The highest BCUT2D eigenvalue weighted by Gasteiger charge is 2.16. The number of aliphatic imine (C=N–C) groups is 1. The molecule has 1 aliphatic rings. The van der Waals surface area contributed by atoms with Gasteiger partial charge in [0.15, 0.2) is 0 Å². The fourth-order valence-corrected chi connectivity index (χ4v) is 7.19. The summed E-state index contributed by atoms with van der Waals surface area (Å²) in [7, 11) is 1.90. The second-order valence-electron chi connectivity index (χ2n) is 12.9. The van der Waals surface area contributed by atoms with Crippen LogP contribution >= 0.6 is 0 Å². The Labute approximate surface area is 300 Å². The molecule has 0 N–H and O–H groups in total. The summed E-state index contributed by atoms with van der Waals surface area (Å²) in [6.45, 7) is 0. The van der Waals surface area contributed by atoms with E-state index in [4.69, 9.17) is 4.99 Å². The van der Waals surface area contributed by atoms with Crippen LogP contribution in [0.2, 0.25) is 0 Å². The molecule has 244 valence electrons. The third-order valence-electron chi connectivity index (χ3n) is 9.75. The number of hydrogen-bond donors (Lipinski definition) is 0. The van der Waals surface area contributed by atoms with Gasteiger partial charge in [-0.25, -0.2) is 0 Å². The Kier molecular flexibility index (Phi) is 9.13. The molecule has 0 atom stereocenters. The summed E-state index contributed by atoms with van der Waals surface area (Å²) in [5.74, 6) is 0. The zero-order valence-electron chi connectivity index (χ0n) is 28.7. The first kappa shape index (κ1) is 31.9. The molecule has 51 heavy (non-hydrogen) atoms. The topological polar surface area (TPSA) is 25.2 Å². The second kappa shape index (κ2) is 14.6. The molecule has 0 unspecified atom stereocenters. The minimum absolute atomic E-state index is 0.821. The third kappa shape index (κ3) is 6.77. The molecule has 7 aromatic rings. The first-order valence-corrected chi connectivity index (χ1v) is 17.6. The molecule has 1 aromatic heterocycles. The van der Waals surface area contributed by atoms with Crippen molar-refractivity contribution in [2.24, 2.45) is 4.99 Å². The van der Waals surface area contributed by atoms with Crippen molar-refractivity contribution in [1.29, 1.82) is 0 Å². The van der Waals surface area contributed by atoms with Crippen LogP contribution in [0.5, 0.6) is 0 Å². The molecule has 2 nitrogen and oxygen atoms in total. The molecule has 0 saturated heterocycles. The van der Waals surface area contributed by atoms with E-state index in [1.807, 2.05) is 25.5 Å². The van der Waals surface area contributed by atoms with Crippen molar-refractivity contribution in [2.45, 2.75) is 12.8 Å². The van der Waals surface area contributed by atoms with Gasteiger partial charge in [-0.2, -0.15) is 0 Å². The van der Waals surface area contributed by atoms with Gasteiger partial charge >= 0.3 is 0 Å². The minimum Gasteiger partial charge on any atom is -0.287 e. The van der Waals surface area contributed by atoms with E-state index in [9.17, 15) is 0 Å². The maximum Gasteiger partial charge on any atom is 0.0721 e. The average Bonchev–Trinajstić information content (AvgIpc) is 3.20. The molecule has 8 rings (SSSR count). The van der Waals surface area contributed by atoms with Crippen LogP contribution in [0.3, 0.4) is 0 Å². The monoisotopic (exact) mass is 654 g/mol. The van der Waals surface area contributed by atoms with Crippen molar-refractivity contribution in [3.8, 4) is 33.4 Å². The standard InChI is InChI=1S/C49H38N2/c1-50-49(40-29-27-39(28-30-40)47-24-10-17-37-14-3-6-22-45(37)47)48(42-19-9-18-41(33-42)43-20-11-31-51-34-43)32-35-12-8-16-36-13-2-5-21-44(36)46-23-7-4-15-38(46)26-25-35/h2-15,17-25,27-34H,16,26H2,1H3/b12-8-,35-25?,48-32-,50-49-. The van der Waals surface area contributed by atoms with Gasteiger partial charge in [0, 0.05) is 36.1 Å². The van der Waals surface area contributed by atoms with E-state index in [2.05, 4.69) is 175 Å². The molecule has 1 heterocycles. The SMILES string of the molecule is C/N=C(\C(=C/C1=CCc2ccccc2-c2ccccc2C/C=C\1)c1cccc(-c2cccnc2)c1)c1ccc(-c2cccc3ccccc23)cc1. The number of hydrogen-bond acceptors (Lipinski definition) is 2. The maximum absolute atomic E-state index is 4.98. The molecular weight excluding hydrogens is 617 g/mol. The van der Waals surface area contributed by atoms with E-state index in [-0.39, 0.29) is 0 Å². The number of nitrogens with zero attached hydrogens (tertiary/aromatic N) is 2. The summed E-state index contributed by atoms with van der Waals surface area (Å²) in [5, 5.41) is 2.50. The highest BCUT2D eigenvalue weighted by Crippen LogP contribution is 2.33. The van der Waals surface area contributed by atoms with E-state index in [0.29, 0.717) is 0 Å². The Morgan fingerprint density at radius 1 is 0.588 bits per heavy atom. The van der Waals surface area contributed by atoms with Crippen LogP contribution in [0, 0.1) is 0 Å². The lowest BCUT2D eigenvalue weighted by Gasteiger charge is -2.16. The van der Waals surface area contributed by atoms with E-state index in [0.717, 1.165) is 52.0 Å². The largest absolute Gasteiger partial charge is 0.287 e. The molecule has 0 bridgehead atoms. The van der Waals surface area contributed by atoms with Crippen molar-refractivity contribution in [1.82, 2.24) is 4.98 Å². The third-order valence-corrected chi connectivity index (χ3v) is 9.75. The van der Waals surface area contributed by atoms with E-state index >= 15 is 0 Å². The van der Waals surface area contributed by atoms with Gasteiger partial charge in [0.05, 0.1) is 5.71 Å². The summed E-state index contributed by atoms with van der Waals surface area (Å²) >= 11 is 0. The number of fused-ring (bicyclic) bond motifs is 4. The second-order valence-corrected chi connectivity index (χ2v) is 12.9. The van der Waals surface area contributed by atoms with Crippen molar-refractivity contribution in [2.75, 3.05) is 7.05 Å². The van der Waals surface area contributed by atoms with Crippen LogP contribution in [-0.4, -0.2) is 17.7 Å². The van der Waals surface area contributed by atoms with Crippen molar-refractivity contribution in [3.05, 3.63) is 216 Å². The quantitative estimate of drug-likeness (QED) is 0.164. The Balaban J connectivity index is 1.24. The first-order chi connectivity index (χ1) is 25.2. The summed E-state index contributed by atoms with van der Waals surface area (Å²) in [4.78, 5) is 9.37. The van der Waals surface area contributed by atoms with Gasteiger partial charge in [0.25, 0.3) is 0 Å². The number of allylic oxidation sites excluding steroid dienone is 6. The smallest absolute Gasteiger partial charge is 0.0721 e. The van der Waals surface area contributed by atoms with Crippen LogP contribution in [0.15, 0.2) is 199 Å². The average molecular weight is 655 g/mol. The lowest BCUT2D eigenvalue weighted by atomic mass is 9.89. The number of rotatable bonds is 6. The van der Waals surface area contributed by atoms with Gasteiger partial charge in [0.1, 0.15) is 0 Å². The zero-order valence-corrected chi connectivity index (χ0v) is 28.7. The lowest BCUT2D eigenvalue weighted by Crippen LogP contribution is -2.06.